The average molecular weight is 462 g/mol. The zero-order valence-electron chi connectivity index (χ0n) is 19.4. The minimum atomic E-state index is -0.106. The second-order valence-corrected chi connectivity index (χ2v) is 11.6. The van der Waals surface area contributed by atoms with E-state index in [-0.39, 0.29) is 41.1 Å². The van der Waals surface area contributed by atoms with Gasteiger partial charge in [-0.25, -0.2) is 0 Å². The lowest BCUT2D eigenvalue weighted by molar-refractivity contribution is -0.143. The van der Waals surface area contributed by atoms with Gasteiger partial charge in [-0.15, -0.1) is 0 Å². The molecule has 1 aromatic heterocycles. The molecule has 1 aromatic carbocycles. The predicted molar refractivity (Wildman–Crippen MR) is 123 cm³/mol. The molecule has 2 spiro atoms. The molecule has 7 aliphatic rings. The van der Waals surface area contributed by atoms with Gasteiger partial charge in [0.1, 0.15) is 12.4 Å². The van der Waals surface area contributed by atoms with E-state index in [1.165, 1.54) is 36.8 Å². The highest BCUT2D eigenvalue weighted by Crippen LogP contribution is 2.71. The molecule has 3 aliphatic carbocycles. The molecule has 1 amide bonds. The average Bonchev–Trinajstić information content (AvgIpc) is 3.46. The third kappa shape index (κ3) is 2.32. The van der Waals surface area contributed by atoms with Crippen LogP contribution in [0.15, 0.2) is 29.0 Å². The molecule has 2 aromatic rings. The lowest BCUT2D eigenvalue weighted by Crippen LogP contribution is -2.72. The summed E-state index contributed by atoms with van der Waals surface area (Å²) in [5.74, 6) is 1.94. The Hall–Kier alpha value is -2.54. The van der Waals surface area contributed by atoms with Crippen molar-refractivity contribution in [3.63, 3.8) is 0 Å². The fourth-order valence-corrected chi connectivity index (χ4v) is 8.88. The molecular weight excluding hydrogens is 430 g/mol. The Balaban J connectivity index is 1.26. The molecule has 9 rings (SSSR count). The van der Waals surface area contributed by atoms with Crippen LogP contribution >= 0.6 is 0 Å². The summed E-state index contributed by atoms with van der Waals surface area (Å²) in [4.78, 5) is 18.5. The molecule has 0 unspecified atom stereocenters. The van der Waals surface area contributed by atoms with Gasteiger partial charge in [-0.05, 0) is 69.0 Å². The van der Waals surface area contributed by atoms with E-state index in [0.717, 1.165) is 51.1 Å². The maximum absolute atomic E-state index is 13.6. The van der Waals surface area contributed by atoms with Crippen molar-refractivity contribution in [1.29, 1.82) is 0 Å². The maximum atomic E-state index is 13.6. The van der Waals surface area contributed by atoms with Crippen LogP contribution in [0, 0.1) is 11.3 Å². The first-order valence-corrected chi connectivity index (χ1v) is 13.1. The minimum Gasteiger partial charge on any atom is -0.504 e. The van der Waals surface area contributed by atoms with Crippen molar-refractivity contribution in [2.24, 2.45) is 11.3 Å². The maximum Gasteiger partial charge on any atom is 0.229 e. The van der Waals surface area contributed by atoms with Crippen molar-refractivity contribution in [2.45, 2.75) is 75.0 Å². The molecule has 5 atom stereocenters. The van der Waals surface area contributed by atoms with Gasteiger partial charge < -0.3 is 19.3 Å². The van der Waals surface area contributed by atoms with Crippen LogP contribution in [0.5, 0.6) is 11.5 Å². The quantitative estimate of drug-likeness (QED) is 0.754. The van der Waals surface area contributed by atoms with Crippen LogP contribution in [0.4, 0.5) is 0 Å². The van der Waals surface area contributed by atoms with Crippen molar-refractivity contribution in [2.75, 3.05) is 19.6 Å². The fourth-order valence-electron chi connectivity index (χ4n) is 8.88. The first-order valence-electron chi connectivity index (χ1n) is 13.1. The number of rotatable bonds is 4. The molecule has 4 aliphatic heterocycles. The number of hydrogen-bond donors (Lipinski definition) is 1. The van der Waals surface area contributed by atoms with E-state index in [0.29, 0.717) is 17.5 Å². The van der Waals surface area contributed by atoms with E-state index in [2.05, 4.69) is 21.0 Å². The summed E-state index contributed by atoms with van der Waals surface area (Å²) in [5.41, 5.74) is 3.32. The molecule has 1 N–H and O–H groups in total. The van der Waals surface area contributed by atoms with Crippen LogP contribution in [0.3, 0.4) is 0 Å². The smallest absolute Gasteiger partial charge is 0.229 e. The Morgan fingerprint density at radius 1 is 1.15 bits per heavy atom. The number of phenolic OH excluding ortho intramolecular Hbond substituents is 1. The Morgan fingerprint density at radius 2 is 2.06 bits per heavy atom. The number of likely N-dealkylation sites (tertiary alicyclic amines) is 1. The molecule has 2 saturated carbocycles. The van der Waals surface area contributed by atoms with Gasteiger partial charge in [0.25, 0.3) is 0 Å². The highest BCUT2D eigenvalue weighted by Gasteiger charge is 2.74. The van der Waals surface area contributed by atoms with E-state index in [1.54, 1.807) is 6.07 Å². The predicted octanol–water partition coefficient (Wildman–Crippen LogP) is 3.04. The van der Waals surface area contributed by atoms with Crippen LogP contribution in [0.25, 0.3) is 0 Å². The van der Waals surface area contributed by atoms with Gasteiger partial charge in [0.2, 0.25) is 5.91 Å². The number of amides is 1. The first kappa shape index (κ1) is 19.7. The Bertz CT molecular complexity index is 1180. The van der Waals surface area contributed by atoms with Crippen LogP contribution in [0.1, 0.15) is 55.3 Å². The molecule has 5 fully saturated rings. The minimum absolute atomic E-state index is 0.0309. The monoisotopic (exact) mass is 461 g/mol. The third-order valence-electron chi connectivity index (χ3n) is 10.3. The summed E-state index contributed by atoms with van der Waals surface area (Å²) in [6.07, 6.45) is 9.65. The third-order valence-corrected chi connectivity index (χ3v) is 10.3. The van der Waals surface area contributed by atoms with Crippen molar-refractivity contribution >= 4 is 5.91 Å². The van der Waals surface area contributed by atoms with Crippen molar-refractivity contribution < 1.29 is 19.2 Å². The molecule has 0 radical (unpaired) electrons. The Morgan fingerprint density at radius 3 is 2.88 bits per heavy atom. The molecule has 178 valence electrons. The lowest BCUT2D eigenvalue weighted by Gasteiger charge is -2.66. The van der Waals surface area contributed by atoms with Crippen LogP contribution < -0.4 is 4.74 Å². The van der Waals surface area contributed by atoms with Crippen molar-refractivity contribution in [3.05, 3.63) is 41.3 Å². The second kappa shape index (κ2) is 6.56. The highest BCUT2D eigenvalue weighted by molar-refractivity contribution is 5.79. The standard InChI is InChI=1S/C27H31N3O4/c31-20-4-3-17-13-21-26-7-5-19(30(11-8-26)22(32)14-18-6-12-33-28-18)25-27(26,23(17)24(20)34-25)9-10-29(21)15-16-1-2-16/h3-4,6,12,16,19,21,25,31H,1-2,5,7-11,13-15H2/t19-,21-,25+,26-,27+/m1/s1. The summed E-state index contributed by atoms with van der Waals surface area (Å²) in [6, 6.07) is 6.27. The number of hydrogen-bond acceptors (Lipinski definition) is 6. The number of carbonyl (C=O) groups excluding carboxylic acids is 1. The number of ether oxygens (including phenoxy) is 1. The van der Waals surface area contributed by atoms with Gasteiger partial charge >= 0.3 is 0 Å². The summed E-state index contributed by atoms with van der Waals surface area (Å²) >= 11 is 0. The lowest BCUT2D eigenvalue weighted by atomic mass is 9.42. The molecule has 7 heteroatoms. The van der Waals surface area contributed by atoms with E-state index in [4.69, 9.17) is 9.26 Å². The number of nitrogens with zero attached hydrogens (tertiary/aromatic N) is 3. The normalized spacial score (nSPS) is 37.3. The SMILES string of the molecule is O=C(Cc1ccon1)N1CC[C@@]23CC[C@@H]1[C@@H]1Oc4c(O)ccc5c4[C@@]12CCN(CC1CC1)[C@@H]3C5. The van der Waals surface area contributed by atoms with E-state index < -0.39 is 0 Å². The van der Waals surface area contributed by atoms with Crippen molar-refractivity contribution in [3.8, 4) is 11.5 Å². The zero-order chi connectivity index (χ0) is 22.7. The molecule has 5 heterocycles. The summed E-state index contributed by atoms with van der Waals surface area (Å²) in [5, 5.41) is 14.8. The first-order chi connectivity index (χ1) is 16.6. The van der Waals surface area contributed by atoms with Gasteiger partial charge in [-0.3, -0.25) is 9.69 Å². The zero-order valence-corrected chi connectivity index (χ0v) is 19.4. The number of benzene rings is 1. The van der Waals surface area contributed by atoms with E-state index >= 15 is 0 Å². The van der Waals surface area contributed by atoms with Crippen LogP contribution in [-0.4, -0.2) is 63.8 Å². The number of aromatic nitrogens is 1. The van der Waals surface area contributed by atoms with Crippen LogP contribution in [0.2, 0.25) is 0 Å². The largest absolute Gasteiger partial charge is 0.504 e. The number of phenols is 1. The molecule has 7 nitrogen and oxygen atoms in total. The Labute approximate surface area is 199 Å². The summed E-state index contributed by atoms with van der Waals surface area (Å²) in [6.45, 7) is 3.09. The van der Waals surface area contributed by atoms with Gasteiger partial charge in [0, 0.05) is 41.6 Å². The van der Waals surface area contributed by atoms with Gasteiger partial charge in [0.15, 0.2) is 11.5 Å². The van der Waals surface area contributed by atoms with Crippen molar-refractivity contribution in [1.82, 2.24) is 15.0 Å². The molecular formula is C27H31N3O4. The number of piperidine rings is 1. The van der Waals surface area contributed by atoms with E-state index in [9.17, 15) is 9.90 Å². The number of aromatic hydroxyl groups is 1. The highest BCUT2D eigenvalue weighted by atomic mass is 16.5. The molecule has 34 heavy (non-hydrogen) atoms. The van der Waals surface area contributed by atoms with Gasteiger partial charge in [-0.2, -0.15) is 0 Å². The topological polar surface area (TPSA) is 79.0 Å². The number of carbonyl (C=O) groups is 1. The van der Waals surface area contributed by atoms with Gasteiger partial charge in [0.05, 0.1) is 18.2 Å². The summed E-state index contributed by atoms with van der Waals surface area (Å²) in [7, 11) is 0. The Kier molecular flexibility index (Phi) is 3.81. The second-order valence-electron chi connectivity index (χ2n) is 11.6. The summed E-state index contributed by atoms with van der Waals surface area (Å²) < 4.78 is 11.7. The number of fused-ring (bicyclic) bond motifs is 3. The molecule has 3 saturated heterocycles. The van der Waals surface area contributed by atoms with Gasteiger partial charge in [-0.1, -0.05) is 11.2 Å². The molecule has 4 bridgehead atoms. The fraction of sp³-hybridized carbons (Fsp3) is 0.630. The van der Waals surface area contributed by atoms with E-state index in [1.807, 2.05) is 6.07 Å². The van der Waals surface area contributed by atoms with Crippen LogP contribution in [-0.2, 0) is 23.1 Å².